The van der Waals surface area contributed by atoms with E-state index in [1.165, 1.54) is 0 Å². The van der Waals surface area contributed by atoms with E-state index in [4.69, 9.17) is 17.0 Å². The van der Waals surface area contributed by atoms with Crippen LogP contribution < -0.4 is 10.6 Å². The normalized spacial score (nSPS) is 11.3. The summed E-state index contributed by atoms with van der Waals surface area (Å²) in [7, 11) is 0. The van der Waals surface area contributed by atoms with Gasteiger partial charge >= 0.3 is 5.97 Å². The zero-order chi connectivity index (χ0) is 16.5. The van der Waals surface area contributed by atoms with E-state index in [-0.39, 0.29) is 5.97 Å². The predicted molar refractivity (Wildman–Crippen MR) is 96.4 cm³/mol. The fourth-order valence-corrected chi connectivity index (χ4v) is 2.39. The smallest absolute Gasteiger partial charge is 0.328 e. The molecule has 2 N–H and O–H groups in total. The highest BCUT2D eigenvalue weighted by molar-refractivity contribution is 7.80. The summed E-state index contributed by atoms with van der Waals surface area (Å²) in [5, 5.41) is 6.51. The van der Waals surface area contributed by atoms with Crippen molar-refractivity contribution in [3.63, 3.8) is 0 Å². The first-order valence-electron chi connectivity index (χ1n) is 7.52. The molecule has 2 aromatic carbocycles. The van der Waals surface area contributed by atoms with Crippen LogP contribution in [-0.4, -0.2) is 23.7 Å². The molecule has 0 aliphatic carbocycles. The summed E-state index contributed by atoms with van der Waals surface area (Å²) in [5.41, 5.74) is 1.91. The molecule has 0 spiro atoms. The zero-order valence-corrected chi connectivity index (χ0v) is 13.8. The minimum absolute atomic E-state index is 0.312. The van der Waals surface area contributed by atoms with Gasteiger partial charge in [-0.1, -0.05) is 48.5 Å². The highest BCUT2D eigenvalue weighted by Gasteiger charge is 2.21. The summed E-state index contributed by atoms with van der Waals surface area (Å²) in [4.78, 5) is 12.2. The van der Waals surface area contributed by atoms with Gasteiger partial charge in [0.2, 0.25) is 0 Å². The van der Waals surface area contributed by atoms with Crippen LogP contribution in [0.2, 0.25) is 0 Å². The average molecular weight is 328 g/mol. The summed E-state index contributed by atoms with van der Waals surface area (Å²) in [6, 6.07) is 18.8. The molecule has 0 aliphatic rings. The first-order chi connectivity index (χ1) is 11.2. The van der Waals surface area contributed by atoms with Crippen molar-refractivity contribution in [1.82, 2.24) is 5.32 Å². The van der Waals surface area contributed by atoms with Crippen LogP contribution in [0.5, 0.6) is 0 Å². The Kier molecular flexibility index (Phi) is 6.56. The van der Waals surface area contributed by atoms with Crippen molar-refractivity contribution in [1.29, 1.82) is 0 Å². The van der Waals surface area contributed by atoms with E-state index in [9.17, 15) is 4.79 Å². The van der Waals surface area contributed by atoms with Gasteiger partial charge < -0.3 is 15.4 Å². The van der Waals surface area contributed by atoms with Crippen LogP contribution in [0.3, 0.4) is 0 Å². The highest BCUT2D eigenvalue weighted by Crippen LogP contribution is 2.07. The van der Waals surface area contributed by atoms with E-state index < -0.39 is 6.04 Å². The molecule has 0 fully saturated rings. The number of benzene rings is 2. The van der Waals surface area contributed by atoms with E-state index in [0.29, 0.717) is 18.1 Å². The van der Waals surface area contributed by atoms with Crippen LogP contribution in [0, 0.1) is 0 Å². The number of carbonyl (C=O) groups excluding carboxylic acids is 1. The molecule has 2 aromatic rings. The number of hydrogen-bond acceptors (Lipinski definition) is 3. The third kappa shape index (κ3) is 5.71. The molecule has 0 saturated heterocycles. The van der Waals surface area contributed by atoms with Crippen molar-refractivity contribution < 1.29 is 9.53 Å². The van der Waals surface area contributed by atoms with Crippen molar-refractivity contribution in [2.75, 3.05) is 11.9 Å². The number of esters is 1. The lowest BCUT2D eigenvalue weighted by atomic mass is 10.1. The molecule has 0 saturated carbocycles. The predicted octanol–water partition coefficient (Wildman–Crippen LogP) is 3.15. The van der Waals surface area contributed by atoms with E-state index in [0.717, 1.165) is 11.3 Å². The summed E-state index contributed by atoms with van der Waals surface area (Å²) in [6.07, 6.45) is 0.510. The standard InChI is InChI=1S/C18H20N2O2S/c1-2-22-17(21)16(13-14-9-5-3-6-10-14)20-18(23)19-15-11-7-4-8-12-15/h3-12,16H,2,13H2,1H3,(H2,19,20,23)/t16-/m0/s1. The molecule has 0 amide bonds. The zero-order valence-electron chi connectivity index (χ0n) is 13.0. The fourth-order valence-electron chi connectivity index (χ4n) is 2.13. The first-order valence-corrected chi connectivity index (χ1v) is 7.93. The second-order valence-electron chi connectivity index (χ2n) is 4.96. The Balaban J connectivity index is 2.01. The summed E-state index contributed by atoms with van der Waals surface area (Å²) < 4.78 is 5.14. The number of thiocarbonyl (C=S) groups is 1. The third-order valence-corrected chi connectivity index (χ3v) is 3.41. The van der Waals surface area contributed by atoms with Crippen LogP contribution >= 0.6 is 12.2 Å². The minimum Gasteiger partial charge on any atom is -0.464 e. The largest absolute Gasteiger partial charge is 0.464 e. The van der Waals surface area contributed by atoms with E-state index in [1.807, 2.05) is 60.7 Å². The van der Waals surface area contributed by atoms with Gasteiger partial charge in [0.1, 0.15) is 6.04 Å². The Morgan fingerprint density at radius 3 is 2.30 bits per heavy atom. The quantitative estimate of drug-likeness (QED) is 0.630. The molecule has 0 unspecified atom stereocenters. The molecule has 0 aliphatic heterocycles. The van der Waals surface area contributed by atoms with Gasteiger partial charge in [-0.25, -0.2) is 4.79 Å². The van der Waals surface area contributed by atoms with Gasteiger partial charge in [0.05, 0.1) is 6.61 Å². The molecular formula is C18H20N2O2S. The molecule has 23 heavy (non-hydrogen) atoms. The number of ether oxygens (including phenoxy) is 1. The van der Waals surface area contributed by atoms with Gasteiger partial charge in [-0.05, 0) is 36.8 Å². The van der Waals surface area contributed by atoms with Crippen LogP contribution in [-0.2, 0) is 16.0 Å². The number of hydrogen-bond donors (Lipinski definition) is 2. The van der Waals surface area contributed by atoms with Gasteiger partial charge in [-0.2, -0.15) is 0 Å². The Bertz CT molecular complexity index is 632. The SMILES string of the molecule is CCOC(=O)[C@H](Cc1ccccc1)NC(=S)Nc1ccccc1. The molecule has 2 rings (SSSR count). The lowest BCUT2D eigenvalue weighted by Gasteiger charge is -2.19. The van der Waals surface area contributed by atoms with Crippen molar-refractivity contribution in [3.8, 4) is 0 Å². The van der Waals surface area contributed by atoms with Gasteiger partial charge in [-0.15, -0.1) is 0 Å². The second kappa shape index (κ2) is 8.90. The minimum atomic E-state index is -0.527. The maximum atomic E-state index is 12.2. The van der Waals surface area contributed by atoms with Crippen LogP contribution in [0.4, 0.5) is 5.69 Å². The van der Waals surface area contributed by atoms with E-state index >= 15 is 0 Å². The number of para-hydroxylation sites is 1. The molecule has 4 nitrogen and oxygen atoms in total. The number of anilines is 1. The molecule has 120 valence electrons. The van der Waals surface area contributed by atoms with Crippen LogP contribution in [0.1, 0.15) is 12.5 Å². The molecule has 0 radical (unpaired) electrons. The second-order valence-corrected chi connectivity index (χ2v) is 5.37. The molecule has 5 heteroatoms. The van der Waals surface area contributed by atoms with Crippen LogP contribution in [0.25, 0.3) is 0 Å². The van der Waals surface area contributed by atoms with Crippen molar-refractivity contribution in [2.24, 2.45) is 0 Å². The maximum Gasteiger partial charge on any atom is 0.328 e. The van der Waals surface area contributed by atoms with Crippen molar-refractivity contribution >= 4 is 29.0 Å². The fraction of sp³-hybridized carbons (Fsp3) is 0.222. The Morgan fingerprint density at radius 1 is 1.09 bits per heavy atom. The Hall–Kier alpha value is -2.40. The van der Waals surface area contributed by atoms with Gasteiger partial charge in [0.15, 0.2) is 5.11 Å². The lowest BCUT2D eigenvalue weighted by Crippen LogP contribution is -2.45. The van der Waals surface area contributed by atoms with Gasteiger partial charge in [0.25, 0.3) is 0 Å². The van der Waals surface area contributed by atoms with Gasteiger partial charge in [0, 0.05) is 12.1 Å². The highest BCUT2D eigenvalue weighted by atomic mass is 32.1. The topological polar surface area (TPSA) is 50.4 Å². The third-order valence-electron chi connectivity index (χ3n) is 3.19. The Morgan fingerprint density at radius 2 is 1.70 bits per heavy atom. The number of rotatable bonds is 6. The molecule has 0 aromatic heterocycles. The molecular weight excluding hydrogens is 308 g/mol. The summed E-state index contributed by atoms with van der Waals surface area (Å²) in [5.74, 6) is -0.312. The van der Waals surface area contributed by atoms with Crippen LogP contribution in [0.15, 0.2) is 60.7 Å². The molecule has 0 bridgehead atoms. The van der Waals surface area contributed by atoms with E-state index in [1.54, 1.807) is 6.92 Å². The monoisotopic (exact) mass is 328 g/mol. The maximum absolute atomic E-state index is 12.2. The van der Waals surface area contributed by atoms with Gasteiger partial charge in [-0.3, -0.25) is 0 Å². The lowest BCUT2D eigenvalue weighted by molar-refractivity contribution is -0.145. The van der Waals surface area contributed by atoms with E-state index in [2.05, 4.69) is 10.6 Å². The molecule has 1 atom stereocenters. The first kappa shape index (κ1) is 17.0. The summed E-state index contributed by atoms with van der Waals surface area (Å²) >= 11 is 5.30. The van der Waals surface area contributed by atoms with Crippen molar-refractivity contribution in [2.45, 2.75) is 19.4 Å². The summed E-state index contributed by atoms with van der Waals surface area (Å²) in [6.45, 7) is 2.13. The number of carbonyl (C=O) groups is 1. The Labute approximate surface area is 141 Å². The molecule has 0 heterocycles. The number of nitrogens with one attached hydrogen (secondary N) is 2. The average Bonchev–Trinajstić information content (AvgIpc) is 2.56. The van der Waals surface area contributed by atoms with Crippen molar-refractivity contribution in [3.05, 3.63) is 66.2 Å².